The van der Waals surface area contributed by atoms with Gasteiger partial charge in [-0.1, -0.05) is 18.2 Å². The lowest BCUT2D eigenvalue weighted by Gasteiger charge is -2.07. The molecule has 0 aliphatic heterocycles. The summed E-state index contributed by atoms with van der Waals surface area (Å²) in [6.45, 7) is 1.83. The van der Waals surface area contributed by atoms with E-state index in [0.29, 0.717) is 19.6 Å². The Hall–Kier alpha value is -2.23. The maximum Gasteiger partial charge on any atom is 0.223 e. The lowest BCUT2D eigenvalue weighted by atomic mass is 10.3. The Labute approximate surface area is 113 Å². The first kappa shape index (κ1) is 13.2. The van der Waals surface area contributed by atoms with Gasteiger partial charge in [0.25, 0.3) is 0 Å². The molecule has 0 bridgehead atoms. The number of hydrogen-bond donors (Lipinski definition) is 1. The number of para-hydroxylation sites is 1. The summed E-state index contributed by atoms with van der Waals surface area (Å²) in [6, 6.07) is 13.4. The normalized spacial score (nSPS) is 10.1. The van der Waals surface area contributed by atoms with Gasteiger partial charge in [-0.3, -0.25) is 4.79 Å². The minimum atomic E-state index is 0.0167. The summed E-state index contributed by atoms with van der Waals surface area (Å²) in [7, 11) is 0. The molecule has 0 fully saturated rings. The van der Waals surface area contributed by atoms with Gasteiger partial charge in [-0.25, -0.2) is 0 Å². The van der Waals surface area contributed by atoms with Crippen LogP contribution < -0.4 is 10.1 Å². The number of amides is 1. The third kappa shape index (κ3) is 4.87. The summed E-state index contributed by atoms with van der Waals surface area (Å²) in [5, 5.41) is 2.87. The van der Waals surface area contributed by atoms with Crippen LogP contribution >= 0.6 is 0 Å². The second-order valence-electron chi connectivity index (χ2n) is 4.18. The van der Waals surface area contributed by atoms with Crippen LogP contribution in [0.15, 0.2) is 54.9 Å². The minimum absolute atomic E-state index is 0.0167. The highest BCUT2D eigenvalue weighted by Gasteiger charge is 2.01. The Bertz CT molecular complexity index is 480. The largest absolute Gasteiger partial charge is 0.493 e. The van der Waals surface area contributed by atoms with E-state index in [-0.39, 0.29) is 5.91 Å². The van der Waals surface area contributed by atoms with E-state index in [0.717, 1.165) is 12.3 Å². The Morgan fingerprint density at radius 2 is 1.84 bits per heavy atom. The predicted molar refractivity (Wildman–Crippen MR) is 74.0 cm³/mol. The molecular formula is C15H18N2O2. The molecule has 0 saturated heterocycles. The summed E-state index contributed by atoms with van der Waals surface area (Å²) in [5.41, 5.74) is 0. The van der Waals surface area contributed by atoms with Crippen molar-refractivity contribution in [1.29, 1.82) is 0 Å². The lowest BCUT2D eigenvalue weighted by molar-refractivity contribution is -0.121. The molecule has 1 aromatic heterocycles. The molecule has 0 spiro atoms. The molecule has 1 amide bonds. The zero-order chi connectivity index (χ0) is 13.3. The Morgan fingerprint density at radius 1 is 1.11 bits per heavy atom. The van der Waals surface area contributed by atoms with Gasteiger partial charge in [0.05, 0.1) is 13.0 Å². The summed E-state index contributed by atoms with van der Waals surface area (Å²) in [4.78, 5) is 11.6. The van der Waals surface area contributed by atoms with Gasteiger partial charge < -0.3 is 14.6 Å². The van der Waals surface area contributed by atoms with E-state index in [1.165, 1.54) is 0 Å². The molecule has 19 heavy (non-hydrogen) atoms. The van der Waals surface area contributed by atoms with E-state index in [1.807, 2.05) is 59.4 Å². The van der Waals surface area contributed by atoms with Gasteiger partial charge in [0.1, 0.15) is 5.75 Å². The van der Waals surface area contributed by atoms with Crippen molar-refractivity contribution in [2.75, 3.05) is 13.2 Å². The molecule has 1 N–H and O–H groups in total. The molecule has 0 aliphatic rings. The van der Waals surface area contributed by atoms with Gasteiger partial charge in [0.2, 0.25) is 5.91 Å². The van der Waals surface area contributed by atoms with Crippen LogP contribution in [-0.2, 0) is 11.3 Å². The molecule has 100 valence electrons. The molecule has 0 aliphatic carbocycles. The summed E-state index contributed by atoms with van der Waals surface area (Å²) < 4.78 is 7.49. The third-order valence-electron chi connectivity index (χ3n) is 2.70. The first-order valence-electron chi connectivity index (χ1n) is 6.40. The Morgan fingerprint density at radius 3 is 2.58 bits per heavy atom. The number of hydrogen-bond acceptors (Lipinski definition) is 2. The molecule has 1 aromatic carbocycles. The monoisotopic (exact) mass is 258 g/mol. The fourth-order valence-electron chi connectivity index (χ4n) is 1.71. The van der Waals surface area contributed by atoms with Gasteiger partial charge in [-0.15, -0.1) is 0 Å². The van der Waals surface area contributed by atoms with Gasteiger partial charge in [-0.05, 0) is 24.3 Å². The van der Waals surface area contributed by atoms with E-state index >= 15 is 0 Å². The SMILES string of the molecule is O=C(CCOc1ccccc1)NCCn1cccc1. The summed E-state index contributed by atoms with van der Waals surface area (Å²) in [5.74, 6) is 0.811. The fourth-order valence-corrected chi connectivity index (χ4v) is 1.71. The zero-order valence-electron chi connectivity index (χ0n) is 10.8. The van der Waals surface area contributed by atoms with E-state index in [4.69, 9.17) is 4.74 Å². The van der Waals surface area contributed by atoms with Gasteiger partial charge in [0, 0.05) is 25.5 Å². The minimum Gasteiger partial charge on any atom is -0.493 e. The van der Waals surface area contributed by atoms with E-state index in [1.54, 1.807) is 0 Å². The van der Waals surface area contributed by atoms with Gasteiger partial charge in [-0.2, -0.15) is 0 Å². The van der Waals surface area contributed by atoms with Crippen LogP contribution in [0.4, 0.5) is 0 Å². The average molecular weight is 258 g/mol. The number of carbonyl (C=O) groups is 1. The summed E-state index contributed by atoms with van der Waals surface area (Å²) in [6.07, 6.45) is 4.33. The smallest absolute Gasteiger partial charge is 0.223 e. The molecule has 0 saturated carbocycles. The fraction of sp³-hybridized carbons (Fsp3) is 0.267. The molecule has 4 heteroatoms. The zero-order valence-corrected chi connectivity index (χ0v) is 10.8. The number of aromatic nitrogens is 1. The Kier molecular flexibility index (Phi) is 5.05. The highest BCUT2D eigenvalue weighted by atomic mass is 16.5. The maximum absolute atomic E-state index is 11.6. The van der Waals surface area contributed by atoms with E-state index < -0.39 is 0 Å². The highest BCUT2D eigenvalue weighted by molar-refractivity contribution is 5.75. The van der Waals surface area contributed by atoms with Crippen molar-refractivity contribution in [3.8, 4) is 5.75 Å². The van der Waals surface area contributed by atoms with Crippen LogP contribution in [-0.4, -0.2) is 23.6 Å². The molecule has 1 heterocycles. The summed E-state index contributed by atoms with van der Waals surface area (Å²) >= 11 is 0. The second-order valence-corrected chi connectivity index (χ2v) is 4.18. The van der Waals surface area contributed by atoms with Crippen LogP contribution in [0.5, 0.6) is 5.75 Å². The predicted octanol–water partition coefficient (Wildman–Crippen LogP) is 2.07. The van der Waals surface area contributed by atoms with Crippen molar-refractivity contribution < 1.29 is 9.53 Å². The van der Waals surface area contributed by atoms with Crippen molar-refractivity contribution in [3.05, 3.63) is 54.9 Å². The first-order valence-corrected chi connectivity index (χ1v) is 6.40. The topological polar surface area (TPSA) is 43.3 Å². The number of ether oxygens (including phenoxy) is 1. The van der Waals surface area contributed by atoms with E-state index in [2.05, 4.69) is 5.32 Å². The molecule has 4 nitrogen and oxygen atoms in total. The van der Waals surface area contributed by atoms with Crippen LogP contribution in [0.1, 0.15) is 6.42 Å². The number of rotatable bonds is 7. The van der Waals surface area contributed by atoms with Crippen molar-refractivity contribution >= 4 is 5.91 Å². The first-order chi connectivity index (χ1) is 9.34. The quantitative estimate of drug-likeness (QED) is 0.826. The van der Waals surface area contributed by atoms with Crippen LogP contribution in [0, 0.1) is 0 Å². The third-order valence-corrected chi connectivity index (χ3v) is 2.70. The van der Waals surface area contributed by atoms with Crippen molar-refractivity contribution in [2.24, 2.45) is 0 Å². The molecule has 0 unspecified atom stereocenters. The highest BCUT2D eigenvalue weighted by Crippen LogP contribution is 2.08. The van der Waals surface area contributed by atoms with Crippen molar-refractivity contribution in [3.63, 3.8) is 0 Å². The lowest BCUT2D eigenvalue weighted by Crippen LogP contribution is -2.28. The molecular weight excluding hydrogens is 240 g/mol. The number of carbonyl (C=O) groups excluding carboxylic acids is 1. The van der Waals surface area contributed by atoms with Crippen LogP contribution in [0.25, 0.3) is 0 Å². The van der Waals surface area contributed by atoms with Crippen molar-refractivity contribution in [2.45, 2.75) is 13.0 Å². The van der Waals surface area contributed by atoms with Gasteiger partial charge >= 0.3 is 0 Å². The molecule has 2 aromatic rings. The Balaban J connectivity index is 1.57. The number of nitrogens with one attached hydrogen (secondary N) is 1. The van der Waals surface area contributed by atoms with E-state index in [9.17, 15) is 4.79 Å². The van der Waals surface area contributed by atoms with Crippen LogP contribution in [0.2, 0.25) is 0 Å². The molecule has 2 rings (SSSR count). The number of nitrogens with zero attached hydrogens (tertiary/aromatic N) is 1. The second kappa shape index (κ2) is 7.26. The number of benzene rings is 1. The van der Waals surface area contributed by atoms with Crippen molar-refractivity contribution in [1.82, 2.24) is 9.88 Å². The molecule has 0 atom stereocenters. The standard InChI is InChI=1S/C15H18N2O2/c18-15(16-9-12-17-10-4-5-11-17)8-13-19-14-6-2-1-3-7-14/h1-7,10-11H,8-9,12-13H2,(H,16,18). The molecule has 0 radical (unpaired) electrons. The maximum atomic E-state index is 11.6. The van der Waals surface area contributed by atoms with Gasteiger partial charge in [0.15, 0.2) is 0 Å². The van der Waals surface area contributed by atoms with Crippen LogP contribution in [0.3, 0.4) is 0 Å². The average Bonchev–Trinajstić information content (AvgIpc) is 2.93.